The van der Waals surface area contributed by atoms with Gasteiger partial charge in [-0.05, 0) is 56.0 Å². The van der Waals surface area contributed by atoms with Crippen molar-refractivity contribution in [3.63, 3.8) is 0 Å². The van der Waals surface area contributed by atoms with Gasteiger partial charge in [0, 0.05) is 29.9 Å². The minimum absolute atomic E-state index is 0.154. The van der Waals surface area contributed by atoms with Crippen LogP contribution in [0, 0.1) is 0 Å². The van der Waals surface area contributed by atoms with Crippen LogP contribution in [0.1, 0.15) is 48.0 Å². The number of carbonyl (C=O) groups is 1. The number of aromatic nitrogens is 2. The molecule has 6 nitrogen and oxygen atoms in total. The summed E-state index contributed by atoms with van der Waals surface area (Å²) in [5, 5.41) is 13.2. The van der Waals surface area contributed by atoms with Crippen LogP contribution < -0.4 is 5.32 Å². The Morgan fingerprint density at radius 3 is 2.84 bits per heavy atom. The second-order valence-electron chi connectivity index (χ2n) is 6.54. The number of hydrogen-bond donors (Lipinski definition) is 2. The zero-order chi connectivity index (χ0) is 17.2. The number of aliphatic hydroxyl groups is 1. The van der Waals surface area contributed by atoms with Crippen molar-refractivity contribution in [2.24, 2.45) is 0 Å². The fourth-order valence-corrected chi connectivity index (χ4v) is 3.62. The number of nitrogens with zero attached hydrogens (tertiary/aromatic N) is 2. The Kier molecular flexibility index (Phi) is 4.28. The van der Waals surface area contributed by atoms with Gasteiger partial charge in [-0.15, -0.1) is 0 Å². The fourth-order valence-electron chi connectivity index (χ4n) is 3.62. The number of furan rings is 1. The van der Waals surface area contributed by atoms with E-state index in [1.54, 1.807) is 12.1 Å². The molecule has 1 fully saturated rings. The van der Waals surface area contributed by atoms with Gasteiger partial charge in [0.2, 0.25) is 0 Å². The van der Waals surface area contributed by atoms with Crippen LogP contribution in [0.4, 0.5) is 0 Å². The molecule has 1 aliphatic carbocycles. The van der Waals surface area contributed by atoms with Gasteiger partial charge in [-0.25, -0.2) is 4.98 Å². The lowest BCUT2D eigenvalue weighted by atomic mass is 9.91. The highest BCUT2D eigenvalue weighted by Gasteiger charge is 2.25. The molecular weight excluding hydrogens is 318 g/mol. The van der Waals surface area contributed by atoms with E-state index in [1.165, 1.54) is 0 Å². The molecule has 1 saturated carbocycles. The SMILES string of the molecule is O=C(NC1CCC(n2ccc3cccnc32)CC1)c1ccc(CO)o1. The highest BCUT2D eigenvalue weighted by molar-refractivity contribution is 5.91. The van der Waals surface area contributed by atoms with E-state index in [4.69, 9.17) is 9.52 Å². The Balaban J connectivity index is 1.37. The summed E-state index contributed by atoms with van der Waals surface area (Å²) in [6.07, 6.45) is 7.80. The molecule has 0 atom stereocenters. The summed E-state index contributed by atoms with van der Waals surface area (Å²) in [5.41, 5.74) is 1.03. The first-order valence-corrected chi connectivity index (χ1v) is 8.66. The number of nitrogens with one attached hydrogen (secondary N) is 1. The van der Waals surface area contributed by atoms with E-state index >= 15 is 0 Å². The summed E-state index contributed by atoms with van der Waals surface area (Å²) in [5.74, 6) is 0.448. The Morgan fingerprint density at radius 2 is 2.08 bits per heavy atom. The Hall–Kier alpha value is -2.60. The molecule has 1 amide bonds. The van der Waals surface area contributed by atoms with E-state index in [0.29, 0.717) is 11.8 Å². The van der Waals surface area contributed by atoms with Crippen molar-refractivity contribution in [2.75, 3.05) is 0 Å². The zero-order valence-corrected chi connectivity index (χ0v) is 13.9. The second kappa shape index (κ2) is 6.72. The van der Waals surface area contributed by atoms with Gasteiger partial charge in [-0.3, -0.25) is 4.79 Å². The molecule has 4 rings (SSSR count). The number of carbonyl (C=O) groups excluding carboxylic acids is 1. The molecule has 0 saturated heterocycles. The van der Waals surface area contributed by atoms with Gasteiger partial charge < -0.3 is 19.4 Å². The van der Waals surface area contributed by atoms with Crippen molar-refractivity contribution in [2.45, 2.75) is 44.4 Å². The second-order valence-corrected chi connectivity index (χ2v) is 6.54. The van der Waals surface area contributed by atoms with Crippen molar-refractivity contribution in [1.29, 1.82) is 0 Å². The van der Waals surface area contributed by atoms with Gasteiger partial charge in [0.1, 0.15) is 18.0 Å². The highest BCUT2D eigenvalue weighted by Crippen LogP contribution is 2.31. The average molecular weight is 339 g/mol. The van der Waals surface area contributed by atoms with E-state index < -0.39 is 0 Å². The molecule has 0 spiro atoms. The van der Waals surface area contributed by atoms with Gasteiger partial charge in [0.05, 0.1) is 0 Å². The van der Waals surface area contributed by atoms with Gasteiger partial charge in [0.15, 0.2) is 5.76 Å². The molecule has 0 bridgehead atoms. The average Bonchev–Trinajstić information content (AvgIpc) is 3.29. The van der Waals surface area contributed by atoms with E-state index in [2.05, 4.69) is 33.2 Å². The molecule has 6 heteroatoms. The summed E-state index contributed by atoms with van der Waals surface area (Å²) in [6.45, 7) is -0.197. The number of amides is 1. The van der Waals surface area contributed by atoms with Crippen molar-refractivity contribution in [1.82, 2.24) is 14.9 Å². The monoisotopic (exact) mass is 339 g/mol. The molecule has 0 aliphatic heterocycles. The topological polar surface area (TPSA) is 80.3 Å². The van der Waals surface area contributed by atoms with Crippen molar-refractivity contribution < 1.29 is 14.3 Å². The molecule has 0 unspecified atom stereocenters. The molecule has 3 heterocycles. The van der Waals surface area contributed by atoms with E-state index in [9.17, 15) is 4.79 Å². The molecule has 0 radical (unpaired) electrons. The molecule has 1 aliphatic rings. The Morgan fingerprint density at radius 1 is 1.24 bits per heavy atom. The van der Waals surface area contributed by atoms with Crippen LogP contribution in [0.3, 0.4) is 0 Å². The van der Waals surface area contributed by atoms with E-state index in [0.717, 1.165) is 36.7 Å². The standard InChI is InChI=1S/C19H21N3O3/c23-12-16-7-8-17(25-16)19(24)21-14-3-5-15(6-4-14)22-11-9-13-2-1-10-20-18(13)22/h1-2,7-11,14-15,23H,3-6,12H2,(H,21,24). The van der Waals surface area contributed by atoms with Crippen LogP contribution in [0.25, 0.3) is 11.0 Å². The summed E-state index contributed by atoms with van der Waals surface area (Å²) < 4.78 is 7.55. The largest absolute Gasteiger partial charge is 0.453 e. The van der Waals surface area contributed by atoms with E-state index in [-0.39, 0.29) is 24.3 Å². The van der Waals surface area contributed by atoms with Crippen LogP contribution in [0.2, 0.25) is 0 Å². The summed E-state index contributed by atoms with van der Waals surface area (Å²) >= 11 is 0. The molecule has 3 aromatic rings. The maximum atomic E-state index is 12.2. The Bertz CT molecular complexity index is 875. The molecule has 2 N–H and O–H groups in total. The highest BCUT2D eigenvalue weighted by atomic mass is 16.4. The Labute approximate surface area is 145 Å². The van der Waals surface area contributed by atoms with Crippen molar-refractivity contribution in [3.8, 4) is 0 Å². The predicted molar refractivity (Wildman–Crippen MR) is 93.1 cm³/mol. The van der Waals surface area contributed by atoms with Crippen LogP contribution >= 0.6 is 0 Å². The lowest BCUT2D eigenvalue weighted by Crippen LogP contribution is -2.37. The minimum atomic E-state index is -0.212. The summed E-state index contributed by atoms with van der Waals surface area (Å²) in [4.78, 5) is 16.7. The quantitative estimate of drug-likeness (QED) is 0.766. The third-order valence-electron chi connectivity index (χ3n) is 4.94. The first kappa shape index (κ1) is 15.9. The van der Waals surface area contributed by atoms with Crippen LogP contribution in [0.15, 0.2) is 47.1 Å². The number of fused-ring (bicyclic) bond motifs is 1. The minimum Gasteiger partial charge on any atom is -0.453 e. The number of aliphatic hydroxyl groups excluding tert-OH is 1. The zero-order valence-electron chi connectivity index (χ0n) is 13.9. The van der Waals surface area contributed by atoms with Gasteiger partial charge >= 0.3 is 0 Å². The smallest absolute Gasteiger partial charge is 0.287 e. The molecular formula is C19H21N3O3. The lowest BCUT2D eigenvalue weighted by molar-refractivity contribution is 0.0890. The van der Waals surface area contributed by atoms with Gasteiger partial charge in [-0.2, -0.15) is 0 Å². The number of pyridine rings is 1. The molecule has 25 heavy (non-hydrogen) atoms. The maximum absolute atomic E-state index is 12.2. The number of rotatable bonds is 4. The van der Waals surface area contributed by atoms with Gasteiger partial charge in [0.25, 0.3) is 5.91 Å². The van der Waals surface area contributed by atoms with Crippen LogP contribution in [-0.2, 0) is 6.61 Å². The maximum Gasteiger partial charge on any atom is 0.287 e. The lowest BCUT2D eigenvalue weighted by Gasteiger charge is -2.30. The van der Waals surface area contributed by atoms with Crippen molar-refractivity contribution in [3.05, 3.63) is 54.2 Å². The van der Waals surface area contributed by atoms with Crippen LogP contribution in [0.5, 0.6) is 0 Å². The van der Waals surface area contributed by atoms with Gasteiger partial charge in [-0.1, -0.05) is 0 Å². The first-order valence-electron chi connectivity index (χ1n) is 8.66. The summed E-state index contributed by atoms with van der Waals surface area (Å²) in [6, 6.07) is 9.93. The molecule has 130 valence electrons. The first-order chi connectivity index (χ1) is 12.2. The number of hydrogen-bond acceptors (Lipinski definition) is 4. The van der Waals surface area contributed by atoms with Crippen molar-refractivity contribution >= 4 is 16.9 Å². The van der Waals surface area contributed by atoms with Crippen LogP contribution in [-0.4, -0.2) is 26.6 Å². The van der Waals surface area contributed by atoms with E-state index in [1.807, 2.05) is 12.3 Å². The molecule has 0 aromatic carbocycles. The third kappa shape index (κ3) is 3.17. The fraction of sp³-hybridized carbons (Fsp3) is 0.368. The summed E-state index contributed by atoms with van der Waals surface area (Å²) in [7, 11) is 0. The normalized spacial score (nSPS) is 20.7. The predicted octanol–water partition coefficient (Wildman–Crippen LogP) is 3.04. The third-order valence-corrected chi connectivity index (χ3v) is 4.94. The molecule has 3 aromatic heterocycles.